The number of nitrogens with one attached hydrogen (secondary N) is 1. The summed E-state index contributed by atoms with van der Waals surface area (Å²) in [6, 6.07) is 6.47. The van der Waals surface area contributed by atoms with Gasteiger partial charge in [0.15, 0.2) is 0 Å². The molecule has 0 unspecified atom stereocenters. The van der Waals surface area contributed by atoms with E-state index in [4.69, 9.17) is 5.73 Å². The Morgan fingerprint density at radius 2 is 2.00 bits per heavy atom. The molecule has 1 aromatic carbocycles. The van der Waals surface area contributed by atoms with Crippen LogP contribution in [0.5, 0.6) is 0 Å². The number of esters is 1. The molecule has 26 heavy (non-hydrogen) atoms. The average molecular weight is 358 g/mol. The number of carbonyl (C=O) groups is 2. The number of nitrogens with two attached hydrogens (primary N) is 1. The molecule has 0 saturated heterocycles. The SMILES string of the molecule is COC(=O)c1ccc(NC[C@H]2Cn3c(nc(N)nc3=O)C(=O)N2C)cc1. The number of rotatable bonds is 4. The van der Waals surface area contributed by atoms with Crippen molar-refractivity contribution in [2.24, 2.45) is 0 Å². The highest BCUT2D eigenvalue weighted by atomic mass is 16.5. The summed E-state index contributed by atoms with van der Waals surface area (Å²) in [7, 11) is 2.96. The van der Waals surface area contributed by atoms with Crippen molar-refractivity contribution in [3.05, 3.63) is 46.1 Å². The smallest absolute Gasteiger partial charge is 0.352 e. The van der Waals surface area contributed by atoms with Gasteiger partial charge in [-0.05, 0) is 24.3 Å². The van der Waals surface area contributed by atoms with Crippen molar-refractivity contribution in [1.82, 2.24) is 19.4 Å². The maximum absolute atomic E-state index is 12.4. The number of carbonyl (C=O) groups excluding carboxylic acids is 2. The summed E-state index contributed by atoms with van der Waals surface area (Å²) in [6.45, 7) is 0.653. The first-order valence-electron chi connectivity index (χ1n) is 7.84. The van der Waals surface area contributed by atoms with E-state index >= 15 is 0 Å². The van der Waals surface area contributed by atoms with Gasteiger partial charge in [-0.1, -0.05) is 0 Å². The lowest BCUT2D eigenvalue weighted by Gasteiger charge is -2.33. The predicted molar refractivity (Wildman–Crippen MR) is 92.9 cm³/mol. The number of likely N-dealkylation sites (N-methyl/N-ethyl adjacent to an activating group) is 1. The molecule has 1 amide bonds. The molecule has 0 aliphatic carbocycles. The van der Waals surface area contributed by atoms with Gasteiger partial charge in [0.1, 0.15) is 0 Å². The first-order chi connectivity index (χ1) is 12.4. The van der Waals surface area contributed by atoms with Crippen molar-refractivity contribution in [3.8, 4) is 0 Å². The van der Waals surface area contributed by atoms with Crippen molar-refractivity contribution < 1.29 is 14.3 Å². The van der Waals surface area contributed by atoms with E-state index < -0.39 is 17.6 Å². The molecule has 10 heteroatoms. The first-order valence-corrected chi connectivity index (χ1v) is 7.84. The van der Waals surface area contributed by atoms with Crippen molar-refractivity contribution >= 4 is 23.5 Å². The summed E-state index contributed by atoms with van der Waals surface area (Å²) in [5.41, 5.74) is 6.07. The minimum absolute atomic E-state index is 0.0105. The number of ether oxygens (including phenoxy) is 1. The molecule has 1 aromatic heterocycles. The number of methoxy groups -OCH3 is 1. The Bertz CT molecular complexity index is 908. The Hall–Kier alpha value is -3.43. The monoisotopic (exact) mass is 358 g/mol. The van der Waals surface area contributed by atoms with Crippen LogP contribution in [0.3, 0.4) is 0 Å². The number of nitrogen functional groups attached to an aromatic ring is 1. The molecule has 10 nitrogen and oxygen atoms in total. The largest absolute Gasteiger partial charge is 0.465 e. The fourth-order valence-corrected chi connectivity index (χ4v) is 2.71. The van der Waals surface area contributed by atoms with E-state index in [9.17, 15) is 14.4 Å². The number of hydrogen-bond acceptors (Lipinski definition) is 8. The summed E-state index contributed by atoms with van der Waals surface area (Å²) in [5.74, 6) is -1.03. The Morgan fingerprint density at radius 1 is 1.31 bits per heavy atom. The zero-order chi connectivity index (χ0) is 18.8. The van der Waals surface area contributed by atoms with Crippen LogP contribution in [0.25, 0.3) is 0 Å². The third-order valence-electron chi connectivity index (χ3n) is 4.22. The van der Waals surface area contributed by atoms with E-state index in [1.807, 2.05) is 0 Å². The highest BCUT2D eigenvalue weighted by molar-refractivity contribution is 5.91. The van der Waals surface area contributed by atoms with Gasteiger partial charge in [0, 0.05) is 19.3 Å². The Labute approximate surface area is 148 Å². The summed E-state index contributed by atoms with van der Waals surface area (Å²) < 4.78 is 5.88. The second kappa shape index (κ2) is 6.82. The number of hydrogen-bond donors (Lipinski definition) is 2. The van der Waals surface area contributed by atoms with Gasteiger partial charge in [-0.15, -0.1) is 0 Å². The maximum atomic E-state index is 12.4. The lowest BCUT2D eigenvalue weighted by molar-refractivity contribution is 0.0599. The second-order valence-corrected chi connectivity index (χ2v) is 5.82. The average Bonchev–Trinajstić information content (AvgIpc) is 2.64. The van der Waals surface area contributed by atoms with Crippen LogP contribution in [0.15, 0.2) is 29.1 Å². The summed E-state index contributed by atoms with van der Waals surface area (Å²) >= 11 is 0. The van der Waals surface area contributed by atoms with E-state index in [0.29, 0.717) is 12.1 Å². The lowest BCUT2D eigenvalue weighted by atomic mass is 10.1. The highest BCUT2D eigenvalue weighted by Crippen LogP contribution is 2.15. The predicted octanol–water partition coefficient (Wildman–Crippen LogP) is -0.427. The van der Waals surface area contributed by atoms with E-state index in [2.05, 4.69) is 20.0 Å². The molecule has 1 aliphatic heterocycles. The van der Waals surface area contributed by atoms with Crippen molar-refractivity contribution in [3.63, 3.8) is 0 Å². The Balaban J connectivity index is 1.73. The van der Waals surface area contributed by atoms with E-state index in [1.54, 1.807) is 31.3 Å². The number of anilines is 2. The van der Waals surface area contributed by atoms with Crippen molar-refractivity contribution in [2.45, 2.75) is 12.6 Å². The van der Waals surface area contributed by atoms with Crippen LogP contribution in [-0.4, -0.2) is 58.1 Å². The van der Waals surface area contributed by atoms with Gasteiger partial charge in [0.05, 0.1) is 25.3 Å². The second-order valence-electron chi connectivity index (χ2n) is 5.82. The van der Waals surface area contributed by atoms with Crippen LogP contribution in [0.4, 0.5) is 11.6 Å². The summed E-state index contributed by atoms with van der Waals surface area (Å²) in [5, 5.41) is 3.18. The molecule has 2 aromatic rings. The Kier molecular flexibility index (Phi) is 4.57. The number of aromatic nitrogens is 3. The molecule has 3 rings (SSSR count). The first kappa shape index (κ1) is 17.4. The molecule has 0 saturated carbocycles. The molecule has 1 aliphatic rings. The topological polar surface area (TPSA) is 132 Å². The van der Waals surface area contributed by atoms with Crippen molar-refractivity contribution in [1.29, 1.82) is 0 Å². The van der Waals surface area contributed by atoms with Gasteiger partial charge in [-0.2, -0.15) is 9.97 Å². The molecule has 0 radical (unpaired) electrons. The van der Waals surface area contributed by atoms with Crippen LogP contribution in [0.1, 0.15) is 21.0 Å². The molecule has 3 N–H and O–H groups in total. The van der Waals surface area contributed by atoms with Gasteiger partial charge in [0.2, 0.25) is 11.8 Å². The normalized spacial score (nSPS) is 16.2. The van der Waals surface area contributed by atoms with Gasteiger partial charge in [-0.25, -0.2) is 9.59 Å². The molecule has 0 fully saturated rings. The minimum atomic E-state index is -0.596. The highest BCUT2D eigenvalue weighted by Gasteiger charge is 2.32. The number of fused-ring (bicyclic) bond motifs is 1. The lowest BCUT2D eigenvalue weighted by Crippen LogP contribution is -2.52. The summed E-state index contributed by atoms with van der Waals surface area (Å²) in [6.07, 6.45) is 0. The number of benzene rings is 1. The van der Waals surface area contributed by atoms with E-state index in [1.165, 1.54) is 16.6 Å². The maximum Gasteiger partial charge on any atom is 0.352 e. The van der Waals surface area contributed by atoms with E-state index in [-0.39, 0.29) is 24.4 Å². The van der Waals surface area contributed by atoms with Crippen LogP contribution in [0.2, 0.25) is 0 Å². The Morgan fingerprint density at radius 3 is 2.65 bits per heavy atom. The molecular weight excluding hydrogens is 340 g/mol. The number of nitrogens with zero attached hydrogens (tertiary/aromatic N) is 4. The molecule has 136 valence electrons. The zero-order valence-corrected chi connectivity index (χ0v) is 14.3. The van der Waals surface area contributed by atoms with Gasteiger partial charge >= 0.3 is 11.7 Å². The third kappa shape index (κ3) is 3.21. The molecule has 0 bridgehead atoms. The van der Waals surface area contributed by atoms with Gasteiger partial charge in [0.25, 0.3) is 5.91 Å². The molecule has 0 spiro atoms. The minimum Gasteiger partial charge on any atom is -0.465 e. The fourth-order valence-electron chi connectivity index (χ4n) is 2.71. The molecular formula is C16H18N6O4. The zero-order valence-electron chi connectivity index (χ0n) is 14.3. The van der Waals surface area contributed by atoms with Crippen molar-refractivity contribution in [2.75, 3.05) is 31.8 Å². The summed E-state index contributed by atoms with van der Waals surface area (Å²) in [4.78, 5) is 44.8. The molecule has 2 heterocycles. The van der Waals surface area contributed by atoms with Gasteiger partial charge in [-0.3, -0.25) is 9.36 Å². The third-order valence-corrected chi connectivity index (χ3v) is 4.22. The molecule has 1 atom stereocenters. The van der Waals surface area contributed by atoms with Crippen LogP contribution >= 0.6 is 0 Å². The quantitative estimate of drug-likeness (QED) is 0.704. The number of amides is 1. The van der Waals surface area contributed by atoms with Gasteiger partial charge < -0.3 is 20.7 Å². The standard InChI is InChI=1S/C16H18N6O4/c1-21-11(7-18-10-5-3-9(4-6-10)14(24)26-2)8-22-12(13(21)23)19-15(17)20-16(22)25/h3-6,11,18H,7-8H2,1-2H3,(H2,17,20,25)/t11-/m0/s1. The van der Waals surface area contributed by atoms with Crippen LogP contribution in [-0.2, 0) is 11.3 Å². The van der Waals surface area contributed by atoms with Crippen LogP contribution < -0.4 is 16.7 Å². The van der Waals surface area contributed by atoms with Crippen LogP contribution in [0, 0.1) is 0 Å². The fraction of sp³-hybridized carbons (Fsp3) is 0.312. The van der Waals surface area contributed by atoms with E-state index in [0.717, 1.165) is 5.69 Å².